The number of hydrogen-bond donors (Lipinski definition) is 0. The molecule has 1 aromatic carbocycles. The lowest BCUT2D eigenvalue weighted by Gasteiger charge is -2.25. The predicted molar refractivity (Wildman–Crippen MR) is 65.0 cm³/mol. The van der Waals surface area contributed by atoms with Crippen molar-refractivity contribution in [2.75, 3.05) is 13.6 Å². The Morgan fingerprint density at radius 1 is 1.31 bits per heavy atom. The van der Waals surface area contributed by atoms with Gasteiger partial charge in [-0.1, -0.05) is 30.3 Å². The Bertz CT molecular complexity index is 367. The first kappa shape index (κ1) is 12.6. The molecule has 0 unspecified atom stereocenters. The van der Waals surface area contributed by atoms with Crippen LogP contribution in [0.5, 0.6) is 0 Å². The molecule has 1 rings (SSSR count). The molecule has 0 saturated heterocycles. The zero-order valence-corrected chi connectivity index (χ0v) is 10.1. The predicted octanol–water partition coefficient (Wildman–Crippen LogP) is 2.23. The van der Waals surface area contributed by atoms with Gasteiger partial charge in [0, 0.05) is 13.1 Å². The molecule has 0 aliphatic carbocycles. The molecular weight excluding hydrogens is 200 g/mol. The Labute approximate surface area is 96.8 Å². The van der Waals surface area contributed by atoms with Crippen LogP contribution in [-0.2, 0) is 11.3 Å². The highest BCUT2D eigenvalue weighted by atomic mass is 16.1. The molecule has 0 heterocycles. The van der Waals surface area contributed by atoms with E-state index in [1.54, 1.807) is 6.08 Å². The van der Waals surface area contributed by atoms with Gasteiger partial charge in [0.2, 0.25) is 6.08 Å². The number of aliphatic imine (C=N–C) groups is 1. The molecule has 0 atom stereocenters. The van der Waals surface area contributed by atoms with Crippen molar-refractivity contribution in [3.05, 3.63) is 35.9 Å². The van der Waals surface area contributed by atoms with Crippen molar-refractivity contribution < 1.29 is 4.79 Å². The summed E-state index contributed by atoms with van der Waals surface area (Å²) in [6, 6.07) is 10.2. The first-order chi connectivity index (χ1) is 7.53. The fourth-order valence-corrected chi connectivity index (χ4v) is 1.77. The van der Waals surface area contributed by atoms with Crippen molar-refractivity contribution in [2.24, 2.45) is 4.99 Å². The van der Waals surface area contributed by atoms with Crippen molar-refractivity contribution in [1.29, 1.82) is 0 Å². The minimum atomic E-state index is -0.370. The molecule has 0 aromatic heterocycles. The quantitative estimate of drug-likeness (QED) is 0.561. The SMILES string of the molecule is CN(Cc1ccccc1)CC(C)(C)N=C=O. The third-order valence-corrected chi connectivity index (χ3v) is 2.30. The number of isocyanates is 1. The smallest absolute Gasteiger partial charge is 0.235 e. The van der Waals surface area contributed by atoms with Gasteiger partial charge in [0.1, 0.15) is 0 Å². The summed E-state index contributed by atoms with van der Waals surface area (Å²) in [5, 5.41) is 0. The van der Waals surface area contributed by atoms with E-state index in [0.29, 0.717) is 0 Å². The van der Waals surface area contributed by atoms with Gasteiger partial charge >= 0.3 is 0 Å². The van der Waals surface area contributed by atoms with E-state index >= 15 is 0 Å². The maximum atomic E-state index is 10.3. The maximum Gasteiger partial charge on any atom is 0.235 e. The molecular formula is C13H18N2O. The highest BCUT2D eigenvalue weighted by molar-refractivity contribution is 5.34. The third kappa shape index (κ3) is 4.39. The van der Waals surface area contributed by atoms with Gasteiger partial charge in [0.05, 0.1) is 5.54 Å². The molecule has 0 amide bonds. The van der Waals surface area contributed by atoms with E-state index in [0.717, 1.165) is 13.1 Å². The normalized spacial score (nSPS) is 11.2. The van der Waals surface area contributed by atoms with Gasteiger partial charge in [-0.05, 0) is 26.5 Å². The Morgan fingerprint density at radius 3 is 2.50 bits per heavy atom. The first-order valence-electron chi connectivity index (χ1n) is 5.35. The molecule has 0 spiro atoms. The molecule has 3 nitrogen and oxygen atoms in total. The van der Waals surface area contributed by atoms with Crippen molar-refractivity contribution in [2.45, 2.75) is 25.9 Å². The molecule has 1 aromatic rings. The molecule has 0 saturated carbocycles. The number of carbonyl (C=O) groups excluding carboxylic acids is 1. The lowest BCUT2D eigenvalue weighted by molar-refractivity contribution is 0.264. The number of rotatable bonds is 5. The summed E-state index contributed by atoms with van der Waals surface area (Å²) in [4.78, 5) is 16.2. The Balaban J connectivity index is 2.54. The Kier molecular flexibility index (Phi) is 4.41. The molecule has 0 radical (unpaired) electrons. The third-order valence-electron chi connectivity index (χ3n) is 2.30. The minimum absolute atomic E-state index is 0.370. The monoisotopic (exact) mass is 218 g/mol. The van der Waals surface area contributed by atoms with E-state index in [9.17, 15) is 4.79 Å². The van der Waals surface area contributed by atoms with E-state index in [2.05, 4.69) is 22.0 Å². The average molecular weight is 218 g/mol. The van der Waals surface area contributed by atoms with Gasteiger partial charge in [-0.3, -0.25) is 4.90 Å². The van der Waals surface area contributed by atoms with Crippen LogP contribution in [-0.4, -0.2) is 30.1 Å². The van der Waals surface area contributed by atoms with Crippen LogP contribution in [0, 0.1) is 0 Å². The number of nitrogens with zero attached hydrogens (tertiary/aromatic N) is 2. The van der Waals surface area contributed by atoms with Crippen LogP contribution in [0.15, 0.2) is 35.3 Å². The largest absolute Gasteiger partial charge is 0.300 e. The van der Waals surface area contributed by atoms with Crippen LogP contribution in [0.3, 0.4) is 0 Å². The fourth-order valence-electron chi connectivity index (χ4n) is 1.77. The first-order valence-corrected chi connectivity index (χ1v) is 5.35. The summed E-state index contributed by atoms with van der Waals surface area (Å²) in [7, 11) is 2.02. The molecule has 3 heteroatoms. The van der Waals surface area contributed by atoms with Crippen LogP contribution in [0.25, 0.3) is 0 Å². The summed E-state index contributed by atoms with van der Waals surface area (Å²) in [5.74, 6) is 0. The van der Waals surface area contributed by atoms with Crippen LogP contribution in [0.1, 0.15) is 19.4 Å². The van der Waals surface area contributed by atoms with Gasteiger partial charge in [0.25, 0.3) is 0 Å². The van der Waals surface area contributed by atoms with Crippen molar-refractivity contribution in [1.82, 2.24) is 4.90 Å². The number of likely N-dealkylation sites (N-methyl/N-ethyl adjacent to an activating group) is 1. The van der Waals surface area contributed by atoms with Crippen molar-refractivity contribution in [3.63, 3.8) is 0 Å². The zero-order chi connectivity index (χ0) is 12.0. The van der Waals surface area contributed by atoms with E-state index in [-0.39, 0.29) is 5.54 Å². The van der Waals surface area contributed by atoms with Gasteiger partial charge in [-0.15, -0.1) is 0 Å². The van der Waals surface area contributed by atoms with Crippen molar-refractivity contribution in [3.8, 4) is 0 Å². The van der Waals surface area contributed by atoms with Crippen LogP contribution < -0.4 is 0 Å². The van der Waals surface area contributed by atoms with E-state index in [4.69, 9.17) is 0 Å². The van der Waals surface area contributed by atoms with Gasteiger partial charge < -0.3 is 0 Å². The zero-order valence-electron chi connectivity index (χ0n) is 10.1. The van der Waals surface area contributed by atoms with E-state index < -0.39 is 0 Å². The fraction of sp³-hybridized carbons (Fsp3) is 0.462. The van der Waals surface area contributed by atoms with Crippen LogP contribution >= 0.6 is 0 Å². The Morgan fingerprint density at radius 2 is 1.94 bits per heavy atom. The van der Waals surface area contributed by atoms with Gasteiger partial charge in [-0.2, -0.15) is 4.99 Å². The molecule has 0 aliphatic heterocycles. The van der Waals surface area contributed by atoms with Crippen LogP contribution in [0.2, 0.25) is 0 Å². The standard InChI is InChI=1S/C13H18N2O/c1-13(2,14-11-16)10-15(3)9-12-7-5-4-6-8-12/h4-8H,9-10H2,1-3H3. The summed E-state index contributed by atoms with van der Waals surface area (Å²) < 4.78 is 0. The second kappa shape index (κ2) is 5.59. The Hall–Kier alpha value is -1.44. The molecule has 86 valence electrons. The highest BCUT2D eigenvalue weighted by Gasteiger charge is 2.18. The average Bonchev–Trinajstić information content (AvgIpc) is 2.17. The molecule has 16 heavy (non-hydrogen) atoms. The number of benzene rings is 1. The molecule has 0 N–H and O–H groups in total. The second-order valence-corrected chi connectivity index (χ2v) is 4.67. The van der Waals surface area contributed by atoms with Crippen molar-refractivity contribution >= 4 is 6.08 Å². The summed E-state index contributed by atoms with van der Waals surface area (Å²) >= 11 is 0. The number of hydrogen-bond acceptors (Lipinski definition) is 3. The summed E-state index contributed by atoms with van der Waals surface area (Å²) in [6.07, 6.45) is 1.63. The lowest BCUT2D eigenvalue weighted by Crippen LogP contribution is -2.34. The molecule has 0 aliphatic rings. The maximum absolute atomic E-state index is 10.3. The second-order valence-electron chi connectivity index (χ2n) is 4.67. The van der Waals surface area contributed by atoms with E-state index in [1.807, 2.05) is 39.1 Å². The lowest BCUT2D eigenvalue weighted by atomic mass is 10.1. The van der Waals surface area contributed by atoms with Gasteiger partial charge in [-0.25, -0.2) is 4.79 Å². The molecule has 0 fully saturated rings. The molecule has 0 bridgehead atoms. The van der Waals surface area contributed by atoms with Gasteiger partial charge in [0.15, 0.2) is 0 Å². The van der Waals surface area contributed by atoms with Crippen LogP contribution in [0.4, 0.5) is 0 Å². The minimum Gasteiger partial charge on any atom is -0.300 e. The summed E-state index contributed by atoms with van der Waals surface area (Å²) in [5.41, 5.74) is 0.890. The topological polar surface area (TPSA) is 32.7 Å². The highest BCUT2D eigenvalue weighted by Crippen LogP contribution is 2.11. The van der Waals surface area contributed by atoms with E-state index in [1.165, 1.54) is 5.56 Å². The summed E-state index contributed by atoms with van der Waals surface area (Å²) in [6.45, 7) is 5.45.